The molecule has 0 unspecified atom stereocenters. The van der Waals surface area contributed by atoms with Crippen LogP contribution in [0.1, 0.15) is 0 Å². The molecule has 0 radical (unpaired) electrons. The second-order valence-electron chi connectivity index (χ2n) is 1.59. The van der Waals surface area contributed by atoms with Gasteiger partial charge in [0.15, 0.2) is 0 Å². The van der Waals surface area contributed by atoms with Crippen LogP contribution in [0.4, 0.5) is 0 Å². The van der Waals surface area contributed by atoms with Crippen molar-refractivity contribution in [2.24, 2.45) is 0 Å². The minimum Gasteiger partial charge on any atom is -0.152 e. The maximum absolute atomic E-state index is 2.04. The van der Waals surface area contributed by atoms with Crippen LogP contribution in [0.15, 0.2) is 45.8 Å². The van der Waals surface area contributed by atoms with Gasteiger partial charge in [-0.1, -0.05) is 24.3 Å². The fourth-order valence-electron chi connectivity index (χ4n) is 0.454. The van der Waals surface area contributed by atoms with Crippen molar-refractivity contribution >= 4 is 39.7 Å². The summed E-state index contributed by atoms with van der Waals surface area (Å²) in [6.07, 6.45) is 0. The Kier molecular flexibility index (Phi) is 7.89. The predicted octanol–water partition coefficient (Wildman–Crippen LogP) is 4.07. The maximum atomic E-state index is 2.04. The van der Waals surface area contributed by atoms with E-state index in [0.29, 0.717) is 0 Å². The van der Waals surface area contributed by atoms with Crippen molar-refractivity contribution in [3.05, 3.63) is 45.8 Å². The van der Waals surface area contributed by atoms with E-state index in [-0.39, 0.29) is 17.0 Å². The highest BCUT2D eigenvalue weighted by Crippen LogP contribution is 1.92. The van der Waals surface area contributed by atoms with Gasteiger partial charge in [-0.3, -0.25) is 0 Å². The lowest BCUT2D eigenvalue weighted by molar-refractivity contribution is 2.03. The standard InChI is InChI=1S/2C4H4S.BrH/c2*1-2-4-5-3-1;/h2*1-4H;1H. The molecule has 0 saturated carbocycles. The topological polar surface area (TPSA) is 0 Å². The molecule has 2 heterocycles. The van der Waals surface area contributed by atoms with Crippen molar-refractivity contribution in [3.8, 4) is 0 Å². The van der Waals surface area contributed by atoms with Crippen LogP contribution >= 0.6 is 39.7 Å². The Labute approximate surface area is 85.3 Å². The smallest absolute Gasteiger partial charge is 0.00934 e. The molecular weight excluding hydrogens is 240 g/mol. The largest absolute Gasteiger partial charge is 0.152 e. The highest BCUT2D eigenvalue weighted by atomic mass is 79.9. The zero-order chi connectivity index (χ0) is 7.07. The average Bonchev–Trinajstić information content (AvgIpc) is 2.67. The van der Waals surface area contributed by atoms with Gasteiger partial charge in [0.2, 0.25) is 0 Å². The van der Waals surface area contributed by atoms with Crippen LogP contribution in [0.2, 0.25) is 0 Å². The van der Waals surface area contributed by atoms with E-state index >= 15 is 0 Å². The molecule has 2 aromatic heterocycles. The summed E-state index contributed by atoms with van der Waals surface area (Å²) in [7, 11) is 0. The molecule has 11 heavy (non-hydrogen) atoms. The summed E-state index contributed by atoms with van der Waals surface area (Å²) in [5.74, 6) is 0. The molecule has 60 valence electrons. The first kappa shape index (κ1) is 10.9. The molecule has 0 bridgehead atoms. The van der Waals surface area contributed by atoms with E-state index in [2.05, 4.69) is 0 Å². The Balaban J connectivity index is 0.000000167. The van der Waals surface area contributed by atoms with E-state index in [9.17, 15) is 0 Å². The predicted molar refractivity (Wildman–Crippen MR) is 59.0 cm³/mol. The normalized spacial score (nSPS) is 7.27. The minimum absolute atomic E-state index is 0. The van der Waals surface area contributed by atoms with E-state index in [0.717, 1.165) is 0 Å². The first-order valence-electron chi connectivity index (χ1n) is 2.94. The SMILES string of the molecule is Br.c1ccsc1.c1ccsc1. The quantitative estimate of drug-likeness (QED) is 0.660. The number of rotatable bonds is 0. The zero-order valence-electron chi connectivity index (χ0n) is 5.84. The van der Waals surface area contributed by atoms with Gasteiger partial charge in [-0.05, 0) is 21.5 Å². The summed E-state index contributed by atoms with van der Waals surface area (Å²) in [6, 6.07) is 8.07. The van der Waals surface area contributed by atoms with Gasteiger partial charge >= 0.3 is 0 Å². The Morgan fingerprint density at radius 3 is 0.909 bits per heavy atom. The number of halogens is 1. The van der Waals surface area contributed by atoms with Gasteiger partial charge in [-0.15, -0.1) is 17.0 Å². The molecule has 0 aliphatic heterocycles. The summed E-state index contributed by atoms with van der Waals surface area (Å²) in [5, 5.41) is 8.17. The van der Waals surface area contributed by atoms with Crippen LogP contribution in [-0.4, -0.2) is 0 Å². The maximum Gasteiger partial charge on any atom is -0.00934 e. The second-order valence-corrected chi connectivity index (χ2v) is 3.22. The number of thiophene rings is 2. The fraction of sp³-hybridized carbons (Fsp3) is 0. The summed E-state index contributed by atoms with van der Waals surface area (Å²) < 4.78 is 0. The third-order valence-corrected chi connectivity index (χ3v) is 2.11. The molecule has 0 fully saturated rings. The van der Waals surface area contributed by atoms with Crippen LogP contribution in [0, 0.1) is 0 Å². The van der Waals surface area contributed by atoms with Gasteiger partial charge in [-0.2, -0.15) is 22.7 Å². The van der Waals surface area contributed by atoms with Gasteiger partial charge in [0.05, 0.1) is 0 Å². The summed E-state index contributed by atoms with van der Waals surface area (Å²) in [4.78, 5) is 0. The van der Waals surface area contributed by atoms with Gasteiger partial charge < -0.3 is 0 Å². The Morgan fingerprint density at radius 2 is 0.818 bits per heavy atom. The molecule has 0 saturated heterocycles. The Bertz CT molecular complexity index is 151. The minimum atomic E-state index is 0. The number of hydrogen-bond donors (Lipinski definition) is 0. The van der Waals surface area contributed by atoms with Crippen LogP contribution in [0.25, 0.3) is 0 Å². The van der Waals surface area contributed by atoms with Crippen molar-refractivity contribution in [1.29, 1.82) is 0 Å². The molecule has 2 rings (SSSR count). The third-order valence-electron chi connectivity index (χ3n) is 0.851. The second kappa shape index (κ2) is 7.98. The van der Waals surface area contributed by atoms with E-state index in [4.69, 9.17) is 0 Å². The van der Waals surface area contributed by atoms with Gasteiger partial charge in [0.25, 0.3) is 0 Å². The molecule has 0 amide bonds. The molecule has 0 aliphatic carbocycles. The van der Waals surface area contributed by atoms with E-state index in [1.807, 2.05) is 45.8 Å². The van der Waals surface area contributed by atoms with E-state index < -0.39 is 0 Å². The lowest BCUT2D eigenvalue weighted by atomic mass is 10.7. The molecule has 0 N–H and O–H groups in total. The van der Waals surface area contributed by atoms with Crippen LogP contribution in [0.5, 0.6) is 0 Å². The molecule has 0 atom stereocenters. The van der Waals surface area contributed by atoms with Gasteiger partial charge in [0.1, 0.15) is 0 Å². The van der Waals surface area contributed by atoms with E-state index in [1.54, 1.807) is 22.7 Å². The van der Waals surface area contributed by atoms with Crippen LogP contribution < -0.4 is 0 Å². The van der Waals surface area contributed by atoms with Gasteiger partial charge in [-0.25, -0.2) is 0 Å². The number of hydrogen-bond acceptors (Lipinski definition) is 2. The lowest BCUT2D eigenvalue weighted by Crippen LogP contribution is -1.16. The van der Waals surface area contributed by atoms with Crippen molar-refractivity contribution in [2.45, 2.75) is 0 Å². The van der Waals surface area contributed by atoms with Crippen molar-refractivity contribution in [1.82, 2.24) is 0 Å². The molecule has 0 aromatic carbocycles. The molecule has 2 aromatic rings. The first-order valence-corrected chi connectivity index (χ1v) is 4.83. The summed E-state index contributed by atoms with van der Waals surface area (Å²) >= 11 is 3.43. The van der Waals surface area contributed by atoms with E-state index in [1.165, 1.54) is 0 Å². The summed E-state index contributed by atoms with van der Waals surface area (Å²) in [6.45, 7) is 0. The molecule has 3 heteroatoms. The molecule has 0 aliphatic rings. The Hall–Kier alpha value is -0.120. The lowest BCUT2D eigenvalue weighted by Gasteiger charge is -1.39. The van der Waals surface area contributed by atoms with Crippen molar-refractivity contribution in [2.75, 3.05) is 0 Å². The third kappa shape index (κ3) is 6.28. The summed E-state index contributed by atoms with van der Waals surface area (Å²) in [5.41, 5.74) is 0. The zero-order valence-corrected chi connectivity index (χ0v) is 9.19. The highest BCUT2D eigenvalue weighted by molar-refractivity contribution is 8.93. The average molecular weight is 249 g/mol. The highest BCUT2D eigenvalue weighted by Gasteiger charge is 1.59. The van der Waals surface area contributed by atoms with Crippen LogP contribution in [-0.2, 0) is 0 Å². The Morgan fingerprint density at radius 1 is 0.545 bits per heavy atom. The van der Waals surface area contributed by atoms with Crippen molar-refractivity contribution in [3.63, 3.8) is 0 Å². The van der Waals surface area contributed by atoms with Crippen LogP contribution in [0.3, 0.4) is 0 Å². The van der Waals surface area contributed by atoms with Gasteiger partial charge in [0, 0.05) is 0 Å². The monoisotopic (exact) mass is 248 g/mol. The van der Waals surface area contributed by atoms with Crippen molar-refractivity contribution < 1.29 is 0 Å². The molecular formula is C8H9BrS2. The fourth-order valence-corrected chi connectivity index (χ4v) is 1.36. The molecule has 0 nitrogen and oxygen atoms in total. The molecule has 0 spiro atoms. The first-order chi connectivity index (χ1) is 5.00.